The minimum Gasteiger partial charge on any atom is -0.0620 e. The van der Waals surface area contributed by atoms with Crippen LogP contribution in [0.2, 0.25) is 0 Å². The minimum atomic E-state index is -0.145. The van der Waals surface area contributed by atoms with E-state index in [4.69, 9.17) is 0 Å². The molecule has 0 aromatic heterocycles. The van der Waals surface area contributed by atoms with E-state index < -0.39 is 0 Å². The molecular formula is C86H54. The van der Waals surface area contributed by atoms with E-state index in [0.29, 0.717) is 0 Å². The normalized spacial score (nSPS) is 14.7. The van der Waals surface area contributed by atoms with E-state index in [-0.39, 0.29) is 10.8 Å². The molecule has 0 unspecified atom stereocenters. The Morgan fingerprint density at radius 1 is 0.186 bits per heavy atom. The first-order valence-electron chi connectivity index (χ1n) is 30.8. The fourth-order valence-electron chi connectivity index (χ4n) is 17.4. The van der Waals surface area contributed by atoms with Gasteiger partial charge in [-0.25, -0.2) is 0 Å². The molecule has 0 N–H and O–H groups in total. The highest BCUT2D eigenvalue weighted by Crippen LogP contribution is 2.59. The molecule has 0 heterocycles. The molecule has 0 atom stereocenters. The number of rotatable bonds is 5. The van der Waals surface area contributed by atoms with Crippen molar-refractivity contribution in [1.29, 1.82) is 0 Å². The van der Waals surface area contributed by atoms with E-state index in [2.05, 4.69) is 279 Å². The van der Waals surface area contributed by atoms with Gasteiger partial charge in [0.25, 0.3) is 0 Å². The summed E-state index contributed by atoms with van der Waals surface area (Å²) in [6.07, 6.45) is 4.01. The van der Waals surface area contributed by atoms with Gasteiger partial charge in [-0.15, -0.1) is 0 Å². The molecule has 0 radical (unpaired) electrons. The van der Waals surface area contributed by atoms with Crippen LogP contribution in [0.3, 0.4) is 0 Å². The highest BCUT2D eigenvalue weighted by Gasteiger charge is 2.49. The lowest BCUT2D eigenvalue weighted by Gasteiger charge is -2.28. The number of hydrogen-bond donors (Lipinski definition) is 0. The van der Waals surface area contributed by atoms with Gasteiger partial charge in [-0.05, 0) is 237 Å². The van der Waals surface area contributed by atoms with Crippen LogP contribution in [0.5, 0.6) is 0 Å². The molecular weight excluding hydrogens is 1030 g/mol. The van der Waals surface area contributed by atoms with Crippen LogP contribution in [0, 0.1) is 0 Å². The fraction of sp³-hybridized carbons (Fsp3) is 0.0698. The summed E-state index contributed by atoms with van der Waals surface area (Å²) in [6, 6.07) is 108. The lowest BCUT2D eigenvalue weighted by Crippen LogP contribution is -2.26. The van der Waals surface area contributed by atoms with Gasteiger partial charge < -0.3 is 0 Å². The SMILES string of the molecule is c1ccc2c(c1)CC1(C2)c2cc(-c3ccc(-c4ccc(-c5ccc6c(c5)C5(Cc7ccccc7C5)c5cc(-c7ccc8ccc9cccc%10ccc7c8c9%10)ccc5-6)cc4)cc3)ccc2-c2ccc(-c3ccc4ccc5cccc6ccc3c4c56)cc21. The molecule has 0 amide bonds. The summed E-state index contributed by atoms with van der Waals surface area (Å²) in [5.41, 5.74) is 29.6. The summed E-state index contributed by atoms with van der Waals surface area (Å²) in [7, 11) is 0. The molecule has 0 nitrogen and oxygen atoms in total. The molecule has 20 rings (SSSR count). The van der Waals surface area contributed by atoms with Crippen LogP contribution in [0.1, 0.15) is 44.5 Å². The largest absolute Gasteiger partial charge is 0.0620 e. The van der Waals surface area contributed by atoms with Gasteiger partial charge in [-0.2, -0.15) is 0 Å². The van der Waals surface area contributed by atoms with Crippen LogP contribution in [-0.2, 0) is 36.5 Å². The molecule has 0 fully saturated rings. The topological polar surface area (TPSA) is 0 Å². The Hall–Kier alpha value is -10.4. The predicted octanol–water partition coefficient (Wildman–Crippen LogP) is 21.9. The van der Waals surface area contributed by atoms with Gasteiger partial charge in [0.1, 0.15) is 0 Å². The molecule has 0 bridgehead atoms. The Kier molecular flexibility index (Phi) is 9.36. The third-order valence-corrected chi connectivity index (χ3v) is 21.4. The molecule has 0 saturated heterocycles. The van der Waals surface area contributed by atoms with Crippen LogP contribution < -0.4 is 0 Å². The summed E-state index contributed by atoms with van der Waals surface area (Å²) in [5.74, 6) is 0. The third-order valence-electron chi connectivity index (χ3n) is 21.4. The standard InChI is InChI=1S/C86H54/c1-2-8-66-48-85(47-65(66)7-1)77-43-61(31-37-71(77)73-39-33-63(45-79(73)85)69-35-27-59-25-23-55-11-5-13-57-29-41-75(69)83(59)81(55)57)53-19-15-51(16-20-53)52-17-21-54(22-18-52)62-32-38-72-74-40-34-64(46-80(74)86(78(72)44-62)49-67-9-3-4-10-68(67)50-86)70-36-28-60-26-24-56-12-6-14-58-30-42-76(70)84(60)82(56)58/h1-46H,47-50H2. The van der Waals surface area contributed by atoms with Crippen LogP contribution in [0.15, 0.2) is 279 Å². The first-order chi connectivity index (χ1) is 42.5. The van der Waals surface area contributed by atoms with Crippen molar-refractivity contribution < 1.29 is 0 Å². The Morgan fingerprint density at radius 2 is 0.442 bits per heavy atom. The molecule has 398 valence electrons. The summed E-state index contributed by atoms with van der Waals surface area (Å²) in [5, 5.41) is 16.0. The first kappa shape index (κ1) is 47.0. The van der Waals surface area contributed by atoms with E-state index in [1.807, 2.05) is 0 Å². The molecule has 0 heteroatoms. The van der Waals surface area contributed by atoms with Crippen molar-refractivity contribution in [2.75, 3.05) is 0 Å². The first-order valence-corrected chi connectivity index (χ1v) is 30.8. The molecule has 4 aliphatic rings. The zero-order valence-electron chi connectivity index (χ0n) is 47.4. The quantitative estimate of drug-likeness (QED) is 0.151. The molecule has 0 aliphatic heterocycles. The minimum absolute atomic E-state index is 0.145. The molecule has 86 heavy (non-hydrogen) atoms. The van der Waals surface area contributed by atoms with E-state index in [0.717, 1.165) is 25.7 Å². The smallest absolute Gasteiger partial charge is 0.0296 e. The summed E-state index contributed by atoms with van der Waals surface area (Å²) >= 11 is 0. The monoisotopic (exact) mass is 1090 g/mol. The van der Waals surface area contributed by atoms with Crippen LogP contribution in [0.25, 0.3) is 143 Å². The van der Waals surface area contributed by atoms with Crippen molar-refractivity contribution in [1.82, 2.24) is 0 Å². The van der Waals surface area contributed by atoms with Crippen LogP contribution in [0.4, 0.5) is 0 Å². The summed E-state index contributed by atoms with van der Waals surface area (Å²) < 4.78 is 0. The second kappa shape index (κ2) is 17.1. The van der Waals surface area contributed by atoms with Gasteiger partial charge in [-0.3, -0.25) is 0 Å². The van der Waals surface area contributed by atoms with Crippen LogP contribution >= 0.6 is 0 Å². The Balaban J connectivity index is 0.622. The molecule has 0 saturated carbocycles. The average Bonchev–Trinajstić information content (AvgIpc) is 1.70. The number of benzene rings is 16. The maximum absolute atomic E-state index is 2.56. The van der Waals surface area contributed by atoms with Crippen molar-refractivity contribution in [3.63, 3.8) is 0 Å². The second-order valence-corrected chi connectivity index (χ2v) is 25.5. The van der Waals surface area contributed by atoms with Crippen molar-refractivity contribution >= 4 is 64.6 Å². The van der Waals surface area contributed by atoms with E-state index >= 15 is 0 Å². The lowest BCUT2D eigenvalue weighted by atomic mass is 9.74. The van der Waals surface area contributed by atoms with Gasteiger partial charge in [0.15, 0.2) is 0 Å². The predicted molar refractivity (Wildman–Crippen MR) is 361 cm³/mol. The Bertz CT molecular complexity index is 5150. The van der Waals surface area contributed by atoms with Crippen molar-refractivity contribution in [2.24, 2.45) is 0 Å². The highest BCUT2D eigenvalue weighted by molar-refractivity contribution is 6.27. The second-order valence-electron chi connectivity index (χ2n) is 25.5. The lowest BCUT2D eigenvalue weighted by molar-refractivity contribution is 0.564. The van der Waals surface area contributed by atoms with Crippen molar-refractivity contribution in [3.05, 3.63) is 324 Å². The fourth-order valence-corrected chi connectivity index (χ4v) is 17.4. The number of hydrogen-bond acceptors (Lipinski definition) is 0. The van der Waals surface area contributed by atoms with Gasteiger partial charge in [0.2, 0.25) is 0 Å². The molecule has 16 aromatic carbocycles. The van der Waals surface area contributed by atoms with E-state index in [9.17, 15) is 0 Å². The van der Waals surface area contributed by atoms with E-state index in [1.54, 1.807) is 0 Å². The molecule has 2 spiro atoms. The average molecular weight is 1090 g/mol. The summed E-state index contributed by atoms with van der Waals surface area (Å²) in [4.78, 5) is 0. The van der Waals surface area contributed by atoms with Crippen molar-refractivity contribution in [2.45, 2.75) is 36.5 Å². The Labute approximate surface area is 499 Å². The number of fused-ring (bicyclic) bond motifs is 12. The molecule has 16 aromatic rings. The Morgan fingerprint density at radius 3 is 0.791 bits per heavy atom. The zero-order valence-corrected chi connectivity index (χ0v) is 47.4. The van der Waals surface area contributed by atoms with Gasteiger partial charge in [0, 0.05) is 10.8 Å². The van der Waals surface area contributed by atoms with Gasteiger partial charge >= 0.3 is 0 Å². The molecule has 4 aliphatic carbocycles. The highest BCUT2D eigenvalue weighted by atomic mass is 14.5. The summed E-state index contributed by atoms with van der Waals surface area (Å²) in [6.45, 7) is 0. The zero-order chi connectivity index (χ0) is 56.0. The van der Waals surface area contributed by atoms with Crippen molar-refractivity contribution in [3.8, 4) is 77.9 Å². The maximum Gasteiger partial charge on any atom is 0.0296 e. The van der Waals surface area contributed by atoms with E-state index in [1.165, 1.54) is 187 Å². The van der Waals surface area contributed by atoms with Gasteiger partial charge in [-0.1, -0.05) is 255 Å². The van der Waals surface area contributed by atoms with Gasteiger partial charge in [0.05, 0.1) is 0 Å². The maximum atomic E-state index is 2.56. The van der Waals surface area contributed by atoms with Crippen LogP contribution in [-0.4, -0.2) is 0 Å². The third kappa shape index (κ3) is 6.43.